The fraction of sp³-hybridized carbons (Fsp3) is 0.714. The molecule has 1 fully saturated rings. The van der Waals surface area contributed by atoms with Gasteiger partial charge in [-0.2, -0.15) is 4.98 Å². The molecule has 0 radical (unpaired) electrons. The first-order valence-electron chi connectivity index (χ1n) is 7.03. The number of ether oxygens (including phenoxy) is 1. The predicted molar refractivity (Wildman–Crippen MR) is 78.1 cm³/mol. The Morgan fingerprint density at radius 3 is 3.05 bits per heavy atom. The van der Waals surface area contributed by atoms with E-state index < -0.39 is 0 Å². The molecule has 0 saturated carbocycles. The second-order valence-electron chi connectivity index (χ2n) is 5.18. The van der Waals surface area contributed by atoms with E-state index in [-0.39, 0.29) is 6.10 Å². The standard InChI is InChI=1S/C14H22ClN3O/c1-11(2)19-13-7-9-16-14(17-13)18-10-4-3-5-12(18)6-8-15/h7,9,11-12H,3-6,8,10H2,1-2H3. The zero-order valence-electron chi connectivity index (χ0n) is 11.7. The van der Waals surface area contributed by atoms with Crippen LogP contribution >= 0.6 is 11.6 Å². The average molecular weight is 284 g/mol. The maximum absolute atomic E-state index is 5.90. The fourth-order valence-corrected chi connectivity index (χ4v) is 2.72. The van der Waals surface area contributed by atoms with Gasteiger partial charge in [0.25, 0.3) is 0 Å². The van der Waals surface area contributed by atoms with Gasteiger partial charge < -0.3 is 9.64 Å². The van der Waals surface area contributed by atoms with Gasteiger partial charge in [0.2, 0.25) is 11.8 Å². The summed E-state index contributed by atoms with van der Waals surface area (Å²) in [5, 5.41) is 0. The average Bonchev–Trinajstić information content (AvgIpc) is 2.39. The molecule has 19 heavy (non-hydrogen) atoms. The zero-order valence-corrected chi connectivity index (χ0v) is 12.4. The minimum Gasteiger partial charge on any atom is -0.475 e. The van der Waals surface area contributed by atoms with E-state index in [9.17, 15) is 0 Å². The molecule has 1 unspecified atom stereocenters. The Balaban J connectivity index is 2.14. The van der Waals surface area contributed by atoms with Gasteiger partial charge in [0.1, 0.15) is 0 Å². The van der Waals surface area contributed by atoms with Crippen molar-refractivity contribution in [1.29, 1.82) is 0 Å². The number of hydrogen-bond donors (Lipinski definition) is 0. The van der Waals surface area contributed by atoms with Gasteiger partial charge in [0.15, 0.2) is 0 Å². The van der Waals surface area contributed by atoms with E-state index in [1.807, 2.05) is 19.9 Å². The molecule has 1 saturated heterocycles. The fourth-order valence-electron chi connectivity index (χ4n) is 2.47. The zero-order chi connectivity index (χ0) is 13.7. The molecule has 5 heteroatoms. The van der Waals surface area contributed by atoms with Crippen molar-refractivity contribution in [2.45, 2.75) is 51.7 Å². The number of hydrogen-bond acceptors (Lipinski definition) is 4. The largest absolute Gasteiger partial charge is 0.475 e. The summed E-state index contributed by atoms with van der Waals surface area (Å²) in [6.45, 7) is 5.00. The van der Waals surface area contributed by atoms with Gasteiger partial charge in [-0.1, -0.05) is 0 Å². The van der Waals surface area contributed by atoms with E-state index in [1.54, 1.807) is 6.20 Å². The quantitative estimate of drug-likeness (QED) is 0.778. The Kier molecular flexibility index (Phi) is 5.25. The lowest BCUT2D eigenvalue weighted by Crippen LogP contribution is -2.41. The second-order valence-corrected chi connectivity index (χ2v) is 5.56. The molecule has 1 atom stereocenters. The van der Waals surface area contributed by atoms with Crippen LogP contribution in [0.3, 0.4) is 0 Å². The van der Waals surface area contributed by atoms with Crippen molar-refractivity contribution in [2.24, 2.45) is 0 Å². The van der Waals surface area contributed by atoms with Crippen LogP contribution in [0.4, 0.5) is 5.95 Å². The lowest BCUT2D eigenvalue weighted by molar-refractivity contribution is 0.232. The highest BCUT2D eigenvalue weighted by atomic mass is 35.5. The van der Waals surface area contributed by atoms with Gasteiger partial charge in [-0.05, 0) is 39.5 Å². The first-order valence-corrected chi connectivity index (χ1v) is 7.56. The van der Waals surface area contributed by atoms with Crippen LogP contribution in [0.25, 0.3) is 0 Å². The third-order valence-electron chi connectivity index (χ3n) is 3.30. The summed E-state index contributed by atoms with van der Waals surface area (Å²) in [6, 6.07) is 2.27. The summed E-state index contributed by atoms with van der Waals surface area (Å²) in [4.78, 5) is 11.2. The first kappa shape index (κ1) is 14.4. The molecule has 2 heterocycles. The molecule has 1 aliphatic rings. The Hall–Kier alpha value is -1.03. The molecular formula is C14H22ClN3O. The molecule has 1 aromatic rings. The van der Waals surface area contributed by atoms with Crippen molar-refractivity contribution >= 4 is 17.5 Å². The van der Waals surface area contributed by atoms with Crippen molar-refractivity contribution < 1.29 is 4.74 Å². The van der Waals surface area contributed by atoms with Gasteiger partial charge in [-0.3, -0.25) is 0 Å². The summed E-state index contributed by atoms with van der Waals surface area (Å²) in [5.41, 5.74) is 0. The van der Waals surface area contributed by atoms with E-state index in [4.69, 9.17) is 16.3 Å². The highest BCUT2D eigenvalue weighted by Gasteiger charge is 2.24. The summed E-state index contributed by atoms with van der Waals surface area (Å²) in [5.74, 6) is 2.10. The van der Waals surface area contributed by atoms with Crippen LogP contribution in [0.15, 0.2) is 12.3 Å². The summed E-state index contributed by atoms with van der Waals surface area (Å²) >= 11 is 5.90. The smallest absolute Gasteiger partial charge is 0.228 e. The third-order valence-corrected chi connectivity index (χ3v) is 3.52. The molecule has 0 aromatic carbocycles. The third kappa shape index (κ3) is 3.96. The molecule has 0 bridgehead atoms. The SMILES string of the molecule is CC(C)Oc1ccnc(N2CCCCC2CCCl)n1. The molecule has 1 aromatic heterocycles. The maximum Gasteiger partial charge on any atom is 0.228 e. The van der Waals surface area contributed by atoms with E-state index in [0.29, 0.717) is 17.8 Å². The topological polar surface area (TPSA) is 38.2 Å². The normalized spacial score (nSPS) is 19.8. The van der Waals surface area contributed by atoms with Crippen molar-refractivity contribution in [2.75, 3.05) is 17.3 Å². The summed E-state index contributed by atoms with van der Waals surface area (Å²) < 4.78 is 5.64. The number of alkyl halides is 1. The van der Waals surface area contributed by atoms with E-state index >= 15 is 0 Å². The second kappa shape index (κ2) is 6.94. The first-order chi connectivity index (χ1) is 9.20. The molecular weight excluding hydrogens is 262 g/mol. The minimum atomic E-state index is 0.128. The lowest BCUT2D eigenvalue weighted by Gasteiger charge is -2.35. The number of aromatic nitrogens is 2. The molecule has 0 aliphatic carbocycles. The summed E-state index contributed by atoms with van der Waals surface area (Å²) in [7, 11) is 0. The molecule has 0 spiro atoms. The van der Waals surface area contributed by atoms with Crippen LogP contribution in [0.1, 0.15) is 39.5 Å². The monoisotopic (exact) mass is 283 g/mol. The number of piperidine rings is 1. The van der Waals surface area contributed by atoms with Crippen molar-refractivity contribution in [1.82, 2.24) is 9.97 Å². The Labute approximate surface area is 120 Å². The van der Waals surface area contributed by atoms with E-state index in [1.165, 1.54) is 19.3 Å². The van der Waals surface area contributed by atoms with Crippen molar-refractivity contribution in [3.63, 3.8) is 0 Å². The predicted octanol–water partition coefficient (Wildman–Crippen LogP) is 3.25. The lowest BCUT2D eigenvalue weighted by atomic mass is 10.0. The van der Waals surface area contributed by atoms with Gasteiger partial charge in [0.05, 0.1) is 6.10 Å². The van der Waals surface area contributed by atoms with Crippen LogP contribution in [0.2, 0.25) is 0 Å². The molecule has 4 nitrogen and oxygen atoms in total. The van der Waals surface area contributed by atoms with E-state index in [0.717, 1.165) is 18.9 Å². The van der Waals surface area contributed by atoms with Crippen LogP contribution in [0, 0.1) is 0 Å². The molecule has 1 aliphatic heterocycles. The molecule has 0 amide bonds. The number of rotatable bonds is 5. The van der Waals surface area contributed by atoms with Crippen molar-refractivity contribution in [3.05, 3.63) is 12.3 Å². The summed E-state index contributed by atoms with van der Waals surface area (Å²) in [6.07, 6.45) is 6.51. The van der Waals surface area contributed by atoms with Crippen molar-refractivity contribution in [3.8, 4) is 5.88 Å². The number of anilines is 1. The van der Waals surface area contributed by atoms with Crippen LogP contribution in [-0.2, 0) is 0 Å². The molecule has 106 valence electrons. The molecule has 0 N–H and O–H groups in total. The van der Waals surface area contributed by atoms with Gasteiger partial charge in [-0.25, -0.2) is 4.98 Å². The van der Waals surface area contributed by atoms with Gasteiger partial charge in [-0.15, -0.1) is 11.6 Å². The Morgan fingerprint density at radius 1 is 1.47 bits per heavy atom. The van der Waals surface area contributed by atoms with Crippen LogP contribution in [-0.4, -0.2) is 34.5 Å². The highest BCUT2D eigenvalue weighted by Crippen LogP contribution is 2.25. The van der Waals surface area contributed by atoms with E-state index in [2.05, 4.69) is 14.9 Å². The Morgan fingerprint density at radius 2 is 2.32 bits per heavy atom. The minimum absolute atomic E-state index is 0.128. The van der Waals surface area contributed by atoms with Crippen LogP contribution in [0.5, 0.6) is 5.88 Å². The van der Waals surface area contributed by atoms with Gasteiger partial charge >= 0.3 is 0 Å². The van der Waals surface area contributed by atoms with Gasteiger partial charge in [0, 0.05) is 30.7 Å². The maximum atomic E-state index is 5.90. The Bertz CT molecular complexity index is 398. The van der Waals surface area contributed by atoms with Crippen LogP contribution < -0.4 is 9.64 Å². The highest BCUT2D eigenvalue weighted by molar-refractivity contribution is 6.17. The number of halogens is 1. The number of nitrogens with zero attached hydrogens (tertiary/aromatic N) is 3. The molecule has 2 rings (SSSR count).